The van der Waals surface area contributed by atoms with E-state index in [2.05, 4.69) is 4.72 Å². The second-order valence-electron chi connectivity index (χ2n) is 6.54. The molecule has 1 aromatic carbocycles. The summed E-state index contributed by atoms with van der Waals surface area (Å²) in [4.78, 5) is 21.3. The Morgan fingerprint density at radius 2 is 1.88 bits per heavy atom. The average Bonchev–Trinajstić information content (AvgIpc) is 2.35. The summed E-state index contributed by atoms with van der Waals surface area (Å²) in [6.45, 7) is 5.34. The Balaban J connectivity index is 3.55. The predicted molar refractivity (Wildman–Crippen MR) is 84.5 cm³/mol. The van der Waals surface area contributed by atoms with E-state index in [1.54, 1.807) is 0 Å². The highest BCUT2D eigenvalue weighted by Crippen LogP contribution is 2.32. The third kappa shape index (κ3) is 4.26. The molecule has 0 amide bonds. The lowest BCUT2D eigenvalue weighted by Gasteiger charge is -2.33. The fraction of sp³-hybridized carbons (Fsp3) is 0.500. The van der Waals surface area contributed by atoms with E-state index < -0.39 is 54.7 Å². The molecule has 10 heteroatoms. The van der Waals surface area contributed by atoms with Crippen molar-refractivity contribution in [2.24, 2.45) is 0 Å². The lowest BCUT2D eigenvalue weighted by atomic mass is 9.89. The zero-order valence-corrected chi connectivity index (χ0v) is 14.5. The molecule has 1 aromatic rings. The molecule has 0 fully saturated rings. The van der Waals surface area contributed by atoms with Crippen molar-refractivity contribution in [2.75, 3.05) is 0 Å². The number of non-ortho nitro benzene ring substituents is 1. The topological polar surface area (TPSA) is 127 Å². The Hall–Kier alpha value is -2.07. The van der Waals surface area contributed by atoms with E-state index in [1.165, 1.54) is 27.7 Å². The number of nitrogens with zero attached hydrogens (tertiary/aromatic N) is 1. The van der Waals surface area contributed by atoms with Crippen molar-refractivity contribution >= 4 is 21.7 Å². The van der Waals surface area contributed by atoms with Crippen LogP contribution in [0.5, 0.6) is 0 Å². The molecule has 2 N–H and O–H groups in total. The highest BCUT2D eigenvalue weighted by Gasteiger charge is 2.41. The minimum atomic E-state index is -4.05. The summed E-state index contributed by atoms with van der Waals surface area (Å²) in [5.41, 5.74) is -2.78. The zero-order chi connectivity index (χ0) is 18.9. The molecule has 0 radical (unpaired) electrons. The van der Waals surface area contributed by atoms with Gasteiger partial charge in [0.05, 0.1) is 21.6 Å². The molecule has 0 bridgehead atoms. The van der Waals surface area contributed by atoms with Crippen LogP contribution in [-0.4, -0.2) is 29.2 Å². The van der Waals surface area contributed by atoms with Gasteiger partial charge < -0.3 is 5.11 Å². The quantitative estimate of drug-likeness (QED) is 0.590. The first kappa shape index (κ1) is 20.0. The SMILES string of the molecule is CC(CC(=O)O)(NS(=O)(=O)C(C)(C)C)c1cc([N+](=O)[O-])ccc1F. The average molecular weight is 362 g/mol. The fourth-order valence-corrected chi connectivity index (χ4v) is 3.07. The number of nitro benzene ring substituents is 1. The van der Waals surface area contributed by atoms with Crippen LogP contribution in [0.1, 0.15) is 39.7 Å². The number of rotatable bonds is 6. The van der Waals surface area contributed by atoms with Gasteiger partial charge in [0.25, 0.3) is 5.69 Å². The Morgan fingerprint density at radius 3 is 2.29 bits per heavy atom. The van der Waals surface area contributed by atoms with E-state index in [-0.39, 0.29) is 0 Å². The summed E-state index contributed by atoms with van der Waals surface area (Å²) in [6, 6.07) is 2.56. The third-order valence-corrected chi connectivity index (χ3v) is 5.76. The van der Waals surface area contributed by atoms with Gasteiger partial charge in [0.2, 0.25) is 10.0 Å². The maximum absolute atomic E-state index is 14.2. The van der Waals surface area contributed by atoms with Crippen molar-refractivity contribution in [3.63, 3.8) is 0 Å². The molecule has 0 saturated carbocycles. The molecule has 0 aliphatic rings. The van der Waals surface area contributed by atoms with Crippen LogP contribution in [0.25, 0.3) is 0 Å². The number of halogens is 1. The smallest absolute Gasteiger partial charge is 0.305 e. The summed E-state index contributed by atoms with van der Waals surface area (Å²) >= 11 is 0. The van der Waals surface area contributed by atoms with Gasteiger partial charge in [-0.1, -0.05) is 0 Å². The number of hydrogen-bond acceptors (Lipinski definition) is 5. The van der Waals surface area contributed by atoms with E-state index in [0.717, 1.165) is 18.2 Å². The van der Waals surface area contributed by atoms with Gasteiger partial charge >= 0.3 is 5.97 Å². The molecule has 1 rings (SSSR count). The van der Waals surface area contributed by atoms with Gasteiger partial charge in [-0.05, 0) is 33.8 Å². The number of carboxylic acids is 1. The first-order chi connectivity index (χ1) is 10.7. The van der Waals surface area contributed by atoms with Gasteiger partial charge in [-0.25, -0.2) is 17.5 Å². The fourth-order valence-electron chi connectivity index (χ4n) is 1.99. The molecule has 8 nitrogen and oxygen atoms in total. The molecule has 134 valence electrons. The van der Waals surface area contributed by atoms with Crippen LogP contribution < -0.4 is 4.72 Å². The molecule has 0 saturated heterocycles. The summed E-state index contributed by atoms with van der Waals surface area (Å²) in [6.07, 6.45) is -0.791. The Bertz CT molecular complexity index is 772. The maximum atomic E-state index is 14.2. The summed E-state index contributed by atoms with van der Waals surface area (Å²) in [5.74, 6) is -2.33. The molecule has 0 aromatic heterocycles. The van der Waals surface area contributed by atoms with E-state index in [4.69, 9.17) is 5.11 Å². The molecule has 0 spiro atoms. The molecule has 1 unspecified atom stereocenters. The number of hydrogen-bond donors (Lipinski definition) is 2. The standard InChI is InChI=1S/C14H19FN2O6S/c1-13(2,3)24(22,23)16-14(4,8-12(18)19)10-7-9(17(20)21)5-6-11(10)15/h5-7,16H,8H2,1-4H3,(H,18,19). The molecule has 0 heterocycles. The van der Waals surface area contributed by atoms with Gasteiger partial charge in [-0.15, -0.1) is 0 Å². The minimum absolute atomic E-state index is 0.410. The number of carboxylic acid groups (broad SMARTS) is 1. The van der Waals surface area contributed by atoms with Crippen molar-refractivity contribution in [3.05, 3.63) is 39.7 Å². The van der Waals surface area contributed by atoms with E-state index in [1.807, 2.05) is 0 Å². The van der Waals surface area contributed by atoms with Crippen molar-refractivity contribution in [1.29, 1.82) is 0 Å². The third-order valence-electron chi connectivity index (χ3n) is 3.43. The first-order valence-electron chi connectivity index (χ1n) is 6.89. The Kier molecular flexibility index (Phi) is 5.36. The number of sulfonamides is 1. The van der Waals surface area contributed by atoms with Crippen molar-refractivity contribution in [3.8, 4) is 0 Å². The van der Waals surface area contributed by atoms with E-state index >= 15 is 0 Å². The normalized spacial score (nSPS) is 14.9. The molecular weight excluding hydrogens is 343 g/mol. The maximum Gasteiger partial charge on any atom is 0.305 e. The Labute approximate surface area is 138 Å². The first-order valence-corrected chi connectivity index (χ1v) is 8.38. The number of nitro groups is 1. The van der Waals surface area contributed by atoms with Gasteiger partial charge in [-0.3, -0.25) is 14.9 Å². The van der Waals surface area contributed by atoms with Crippen LogP contribution in [-0.2, 0) is 20.4 Å². The second kappa shape index (κ2) is 6.44. The number of nitrogens with one attached hydrogen (secondary N) is 1. The van der Waals surface area contributed by atoms with Crippen LogP contribution in [0.2, 0.25) is 0 Å². The lowest BCUT2D eigenvalue weighted by Crippen LogP contribution is -2.51. The van der Waals surface area contributed by atoms with Crippen LogP contribution >= 0.6 is 0 Å². The van der Waals surface area contributed by atoms with Gasteiger partial charge in [-0.2, -0.15) is 0 Å². The highest BCUT2D eigenvalue weighted by molar-refractivity contribution is 7.90. The van der Waals surface area contributed by atoms with Gasteiger partial charge in [0.1, 0.15) is 5.82 Å². The van der Waals surface area contributed by atoms with Crippen LogP contribution in [0.3, 0.4) is 0 Å². The van der Waals surface area contributed by atoms with Crippen LogP contribution in [0, 0.1) is 15.9 Å². The minimum Gasteiger partial charge on any atom is -0.481 e. The van der Waals surface area contributed by atoms with Crippen LogP contribution in [0.4, 0.5) is 10.1 Å². The molecule has 0 aliphatic carbocycles. The predicted octanol–water partition coefficient (Wildman–Crippen LogP) is 2.14. The van der Waals surface area contributed by atoms with Crippen molar-refractivity contribution in [1.82, 2.24) is 4.72 Å². The van der Waals surface area contributed by atoms with E-state index in [9.17, 15) is 27.7 Å². The zero-order valence-electron chi connectivity index (χ0n) is 13.7. The van der Waals surface area contributed by atoms with Gasteiger partial charge in [0.15, 0.2) is 0 Å². The second-order valence-corrected chi connectivity index (χ2v) is 8.98. The number of benzene rings is 1. The molecular formula is C14H19FN2O6S. The van der Waals surface area contributed by atoms with Crippen LogP contribution in [0.15, 0.2) is 18.2 Å². The summed E-state index contributed by atoms with van der Waals surface area (Å²) < 4.78 is 39.9. The molecule has 1 atom stereocenters. The summed E-state index contributed by atoms with van der Waals surface area (Å²) in [7, 11) is -4.05. The van der Waals surface area contributed by atoms with Crippen molar-refractivity contribution in [2.45, 2.75) is 44.4 Å². The van der Waals surface area contributed by atoms with Crippen molar-refractivity contribution < 1.29 is 27.6 Å². The largest absolute Gasteiger partial charge is 0.481 e. The van der Waals surface area contributed by atoms with E-state index in [0.29, 0.717) is 0 Å². The molecule has 24 heavy (non-hydrogen) atoms. The monoisotopic (exact) mass is 362 g/mol. The molecule has 0 aliphatic heterocycles. The van der Waals surface area contributed by atoms with Gasteiger partial charge in [0, 0.05) is 17.7 Å². The number of carbonyl (C=O) groups is 1. The lowest BCUT2D eigenvalue weighted by molar-refractivity contribution is -0.385. The Morgan fingerprint density at radius 1 is 1.33 bits per heavy atom. The highest BCUT2D eigenvalue weighted by atomic mass is 32.2. The number of aliphatic carboxylic acids is 1. The summed E-state index contributed by atoms with van der Waals surface area (Å²) in [5, 5.41) is 20.0.